The Labute approximate surface area is 139 Å². The van der Waals surface area contributed by atoms with E-state index in [0.717, 1.165) is 5.69 Å². The van der Waals surface area contributed by atoms with Crippen molar-refractivity contribution in [2.24, 2.45) is 0 Å². The van der Waals surface area contributed by atoms with Crippen LogP contribution in [0.4, 0.5) is 5.69 Å². The SMILES string of the molecule is COc1cccc(C(=O)Nc2ccc(=O)n(-c3ccccc3)c2)c1. The number of carbonyl (C=O) groups excluding carboxylic acids is 1. The molecule has 0 aliphatic carbocycles. The molecular weight excluding hydrogens is 304 g/mol. The molecule has 2 aromatic carbocycles. The van der Waals surface area contributed by atoms with Crippen LogP contribution in [0.15, 0.2) is 77.7 Å². The first-order valence-electron chi connectivity index (χ1n) is 7.41. The quantitative estimate of drug-likeness (QED) is 0.803. The molecule has 24 heavy (non-hydrogen) atoms. The number of pyridine rings is 1. The summed E-state index contributed by atoms with van der Waals surface area (Å²) >= 11 is 0. The fourth-order valence-corrected chi connectivity index (χ4v) is 2.32. The van der Waals surface area contributed by atoms with Gasteiger partial charge < -0.3 is 10.1 Å². The summed E-state index contributed by atoms with van der Waals surface area (Å²) < 4.78 is 6.61. The number of benzene rings is 2. The van der Waals surface area contributed by atoms with Crippen LogP contribution in [-0.4, -0.2) is 17.6 Å². The van der Waals surface area contributed by atoms with Crippen molar-refractivity contribution in [2.75, 3.05) is 12.4 Å². The molecule has 0 fully saturated rings. The highest BCUT2D eigenvalue weighted by molar-refractivity contribution is 6.04. The molecule has 3 rings (SSSR count). The number of para-hydroxylation sites is 1. The molecule has 0 aliphatic heterocycles. The monoisotopic (exact) mass is 320 g/mol. The molecule has 0 saturated carbocycles. The van der Waals surface area contributed by atoms with Gasteiger partial charge in [0, 0.05) is 23.5 Å². The maximum Gasteiger partial charge on any atom is 0.255 e. The van der Waals surface area contributed by atoms with E-state index in [2.05, 4.69) is 5.32 Å². The zero-order chi connectivity index (χ0) is 16.9. The van der Waals surface area contributed by atoms with E-state index in [4.69, 9.17) is 4.74 Å². The molecule has 0 unspecified atom stereocenters. The van der Waals surface area contributed by atoms with Crippen molar-refractivity contribution >= 4 is 11.6 Å². The average Bonchev–Trinajstić information content (AvgIpc) is 2.64. The molecule has 120 valence electrons. The third-order valence-corrected chi connectivity index (χ3v) is 3.54. The number of nitrogens with zero attached hydrogens (tertiary/aromatic N) is 1. The van der Waals surface area contributed by atoms with Crippen LogP contribution in [0.3, 0.4) is 0 Å². The number of ether oxygens (including phenoxy) is 1. The Hall–Kier alpha value is -3.34. The second kappa shape index (κ2) is 6.83. The molecule has 0 radical (unpaired) electrons. The van der Waals surface area contributed by atoms with E-state index in [9.17, 15) is 9.59 Å². The fraction of sp³-hybridized carbons (Fsp3) is 0.0526. The maximum absolute atomic E-state index is 12.4. The Morgan fingerprint density at radius 3 is 2.54 bits per heavy atom. The van der Waals surface area contributed by atoms with Crippen molar-refractivity contribution in [1.82, 2.24) is 4.57 Å². The summed E-state index contributed by atoms with van der Waals surface area (Å²) in [6.45, 7) is 0. The van der Waals surface area contributed by atoms with Gasteiger partial charge >= 0.3 is 0 Å². The number of anilines is 1. The number of nitrogens with one attached hydrogen (secondary N) is 1. The Morgan fingerprint density at radius 2 is 1.79 bits per heavy atom. The van der Waals surface area contributed by atoms with Crippen LogP contribution in [-0.2, 0) is 0 Å². The lowest BCUT2D eigenvalue weighted by molar-refractivity contribution is 0.102. The molecule has 1 N–H and O–H groups in total. The molecule has 1 heterocycles. The number of carbonyl (C=O) groups is 1. The van der Waals surface area contributed by atoms with Crippen LogP contribution in [0.25, 0.3) is 5.69 Å². The van der Waals surface area contributed by atoms with Crippen LogP contribution >= 0.6 is 0 Å². The van der Waals surface area contributed by atoms with Crippen LogP contribution < -0.4 is 15.6 Å². The second-order valence-corrected chi connectivity index (χ2v) is 5.15. The summed E-state index contributed by atoms with van der Waals surface area (Å²) in [6, 6.07) is 19.1. The minimum absolute atomic E-state index is 0.166. The number of hydrogen-bond donors (Lipinski definition) is 1. The van der Waals surface area contributed by atoms with E-state index >= 15 is 0 Å². The maximum atomic E-state index is 12.4. The fourth-order valence-electron chi connectivity index (χ4n) is 2.32. The molecule has 3 aromatic rings. The molecule has 0 bridgehead atoms. The first kappa shape index (κ1) is 15.6. The van der Waals surface area contributed by atoms with E-state index in [1.807, 2.05) is 30.3 Å². The lowest BCUT2D eigenvalue weighted by Gasteiger charge is -2.10. The van der Waals surface area contributed by atoms with Crippen molar-refractivity contribution in [2.45, 2.75) is 0 Å². The van der Waals surface area contributed by atoms with Crippen LogP contribution in [0.5, 0.6) is 5.75 Å². The highest BCUT2D eigenvalue weighted by Gasteiger charge is 2.08. The number of methoxy groups -OCH3 is 1. The van der Waals surface area contributed by atoms with E-state index < -0.39 is 0 Å². The highest BCUT2D eigenvalue weighted by atomic mass is 16.5. The van der Waals surface area contributed by atoms with Gasteiger partial charge in [0.25, 0.3) is 11.5 Å². The summed E-state index contributed by atoms with van der Waals surface area (Å²) in [7, 11) is 1.55. The predicted molar refractivity (Wildman–Crippen MR) is 93.0 cm³/mol. The molecule has 0 saturated heterocycles. The van der Waals surface area contributed by atoms with Gasteiger partial charge in [-0.3, -0.25) is 14.2 Å². The van der Waals surface area contributed by atoms with Gasteiger partial charge in [0.1, 0.15) is 5.75 Å². The topological polar surface area (TPSA) is 60.3 Å². The largest absolute Gasteiger partial charge is 0.497 e. The van der Waals surface area contributed by atoms with Gasteiger partial charge in [-0.15, -0.1) is 0 Å². The molecule has 1 amide bonds. The Morgan fingerprint density at radius 1 is 1.00 bits per heavy atom. The number of amides is 1. The summed E-state index contributed by atoms with van der Waals surface area (Å²) in [5.74, 6) is 0.337. The van der Waals surface area contributed by atoms with Crippen LogP contribution in [0.2, 0.25) is 0 Å². The summed E-state index contributed by atoms with van der Waals surface area (Å²) in [5.41, 5.74) is 1.58. The van der Waals surface area contributed by atoms with Crippen molar-refractivity contribution in [3.63, 3.8) is 0 Å². The van der Waals surface area contributed by atoms with Gasteiger partial charge in [-0.05, 0) is 36.4 Å². The Balaban J connectivity index is 1.88. The van der Waals surface area contributed by atoms with Crippen LogP contribution in [0.1, 0.15) is 10.4 Å². The van der Waals surface area contributed by atoms with Crippen LogP contribution in [0, 0.1) is 0 Å². The smallest absolute Gasteiger partial charge is 0.255 e. The standard InChI is InChI=1S/C19H16N2O3/c1-24-17-9-5-6-14(12-17)19(23)20-15-10-11-18(22)21(13-15)16-7-3-2-4-8-16/h2-13H,1H3,(H,20,23). The summed E-state index contributed by atoms with van der Waals surface area (Å²) in [5, 5.41) is 2.79. The average molecular weight is 320 g/mol. The molecule has 0 spiro atoms. The van der Waals surface area contributed by atoms with Crippen molar-refractivity contribution < 1.29 is 9.53 Å². The van der Waals surface area contributed by atoms with E-state index in [-0.39, 0.29) is 11.5 Å². The summed E-state index contributed by atoms with van der Waals surface area (Å²) in [4.78, 5) is 24.4. The Bertz CT molecular complexity index is 917. The third kappa shape index (κ3) is 3.35. The molecule has 1 aromatic heterocycles. The summed E-state index contributed by atoms with van der Waals surface area (Å²) in [6.07, 6.45) is 1.61. The molecule has 5 heteroatoms. The Kier molecular flexibility index (Phi) is 4.43. The van der Waals surface area contributed by atoms with Gasteiger partial charge in [-0.1, -0.05) is 24.3 Å². The first-order chi connectivity index (χ1) is 11.7. The van der Waals surface area contributed by atoms with E-state index in [1.54, 1.807) is 43.6 Å². The number of aromatic nitrogens is 1. The molecule has 0 aliphatic rings. The van der Waals surface area contributed by atoms with Gasteiger partial charge in [0.2, 0.25) is 0 Å². The zero-order valence-electron chi connectivity index (χ0n) is 13.1. The van der Waals surface area contributed by atoms with Gasteiger partial charge in [0.15, 0.2) is 0 Å². The minimum atomic E-state index is -0.271. The second-order valence-electron chi connectivity index (χ2n) is 5.15. The van der Waals surface area contributed by atoms with E-state index in [1.165, 1.54) is 10.6 Å². The van der Waals surface area contributed by atoms with E-state index in [0.29, 0.717) is 17.0 Å². The van der Waals surface area contributed by atoms with Gasteiger partial charge in [0.05, 0.1) is 12.8 Å². The van der Waals surface area contributed by atoms with Crippen molar-refractivity contribution in [3.8, 4) is 11.4 Å². The molecular formula is C19H16N2O3. The number of rotatable bonds is 4. The molecule has 5 nitrogen and oxygen atoms in total. The predicted octanol–water partition coefficient (Wildman–Crippen LogP) is 3.10. The minimum Gasteiger partial charge on any atom is -0.497 e. The lowest BCUT2D eigenvalue weighted by atomic mass is 10.2. The zero-order valence-corrected chi connectivity index (χ0v) is 13.1. The van der Waals surface area contributed by atoms with Crippen molar-refractivity contribution in [1.29, 1.82) is 0 Å². The third-order valence-electron chi connectivity index (χ3n) is 3.54. The van der Waals surface area contributed by atoms with Crippen molar-refractivity contribution in [3.05, 3.63) is 88.8 Å². The highest BCUT2D eigenvalue weighted by Crippen LogP contribution is 2.15. The first-order valence-corrected chi connectivity index (χ1v) is 7.41. The number of hydrogen-bond acceptors (Lipinski definition) is 3. The molecule has 0 atom stereocenters. The normalized spacial score (nSPS) is 10.2. The lowest BCUT2D eigenvalue weighted by Crippen LogP contribution is -2.19. The van der Waals surface area contributed by atoms with Gasteiger partial charge in [-0.2, -0.15) is 0 Å². The van der Waals surface area contributed by atoms with Gasteiger partial charge in [-0.25, -0.2) is 0 Å².